The molecule has 0 N–H and O–H groups in total. The van der Waals surface area contributed by atoms with Crippen molar-refractivity contribution >= 4 is 11.9 Å². The summed E-state index contributed by atoms with van der Waals surface area (Å²) in [5.74, 6) is -0.0356. The van der Waals surface area contributed by atoms with E-state index in [9.17, 15) is 9.59 Å². The van der Waals surface area contributed by atoms with Crippen molar-refractivity contribution in [1.29, 1.82) is 0 Å². The van der Waals surface area contributed by atoms with E-state index < -0.39 is 0 Å². The minimum Gasteiger partial charge on any atom is -0.465 e. The van der Waals surface area contributed by atoms with Crippen LogP contribution in [0.3, 0.4) is 0 Å². The van der Waals surface area contributed by atoms with Gasteiger partial charge < -0.3 is 14.2 Å². The zero-order valence-corrected chi connectivity index (χ0v) is 19.0. The van der Waals surface area contributed by atoms with E-state index in [1.807, 2.05) is 6.08 Å². The van der Waals surface area contributed by atoms with Crippen LogP contribution in [0.1, 0.15) is 80.1 Å². The van der Waals surface area contributed by atoms with Crippen LogP contribution in [0.2, 0.25) is 0 Å². The van der Waals surface area contributed by atoms with E-state index >= 15 is 0 Å². The second-order valence-electron chi connectivity index (χ2n) is 10.6. The predicted molar refractivity (Wildman–Crippen MR) is 111 cm³/mol. The molecule has 3 rings (SSSR count). The first-order valence-electron chi connectivity index (χ1n) is 11.0. The highest BCUT2D eigenvalue weighted by Gasteiger charge is 2.66. The molecule has 1 aliphatic heterocycles. The van der Waals surface area contributed by atoms with Gasteiger partial charge in [-0.05, 0) is 50.9 Å². The third kappa shape index (κ3) is 3.87. The number of rotatable bonds is 4. The molecule has 3 aliphatic rings. The molecule has 29 heavy (non-hydrogen) atoms. The Bertz CT molecular complexity index is 689. The molecule has 7 atom stereocenters. The fourth-order valence-electron chi connectivity index (χ4n) is 7.26. The van der Waals surface area contributed by atoms with Gasteiger partial charge in [0.1, 0.15) is 6.10 Å². The van der Waals surface area contributed by atoms with Crippen LogP contribution in [0, 0.1) is 22.7 Å². The average molecular weight is 407 g/mol. The van der Waals surface area contributed by atoms with Crippen LogP contribution in [0.5, 0.6) is 0 Å². The number of fused-ring (bicyclic) bond motifs is 3. The third-order valence-electron chi connectivity index (χ3n) is 8.19. The van der Waals surface area contributed by atoms with Crippen molar-refractivity contribution in [3.05, 3.63) is 12.7 Å². The Labute approximate surface area is 175 Å². The summed E-state index contributed by atoms with van der Waals surface area (Å²) >= 11 is 0. The van der Waals surface area contributed by atoms with E-state index in [2.05, 4.69) is 34.3 Å². The Morgan fingerprint density at radius 2 is 1.79 bits per heavy atom. The fourth-order valence-corrected chi connectivity index (χ4v) is 7.26. The number of carbonyl (C=O) groups is 2. The number of ether oxygens (including phenoxy) is 3. The molecule has 1 heterocycles. The summed E-state index contributed by atoms with van der Waals surface area (Å²) in [6, 6.07) is 0. The van der Waals surface area contributed by atoms with Gasteiger partial charge in [0.2, 0.25) is 0 Å². The van der Waals surface area contributed by atoms with Gasteiger partial charge >= 0.3 is 11.9 Å². The van der Waals surface area contributed by atoms with Gasteiger partial charge in [-0.2, -0.15) is 0 Å². The van der Waals surface area contributed by atoms with Crippen LogP contribution in [-0.2, 0) is 23.8 Å². The molecule has 2 aliphatic carbocycles. The molecule has 2 unspecified atom stereocenters. The van der Waals surface area contributed by atoms with Crippen molar-refractivity contribution < 1.29 is 23.8 Å². The van der Waals surface area contributed by atoms with Crippen LogP contribution in [0.25, 0.3) is 0 Å². The highest BCUT2D eigenvalue weighted by Crippen LogP contribution is 2.66. The summed E-state index contributed by atoms with van der Waals surface area (Å²) in [6.07, 6.45) is 7.42. The van der Waals surface area contributed by atoms with Crippen LogP contribution in [0.4, 0.5) is 0 Å². The largest absolute Gasteiger partial charge is 0.465 e. The topological polar surface area (TPSA) is 61.8 Å². The van der Waals surface area contributed by atoms with E-state index in [1.165, 1.54) is 13.8 Å². The summed E-state index contributed by atoms with van der Waals surface area (Å²) in [7, 11) is 0. The van der Waals surface area contributed by atoms with E-state index in [-0.39, 0.29) is 46.0 Å². The summed E-state index contributed by atoms with van der Waals surface area (Å²) in [5.41, 5.74) is -1.01. The predicted octanol–water partition coefficient (Wildman–Crippen LogP) is 4.83. The molecule has 0 aromatic rings. The number of hydrogen-bond donors (Lipinski definition) is 0. The molecule has 164 valence electrons. The number of carbonyl (C=O) groups excluding carboxylic acids is 2. The molecule has 0 amide bonds. The van der Waals surface area contributed by atoms with Gasteiger partial charge in [-0.3, -0.25) is 9.59 Å². The van der Waals surface area contributed by atoms with Crippen LogP contribution in [0.15, 0.2) is 12.7 Å². The van der Waals surface area contributed by atoms with Crippen molar-refractivity contribution in [1.82, 2.24) is 0 Å². The summed E-state index contributed by atoms with van der Waals surface area (Å²) in [5, 5.41) is 0. The molecular formula is C24H38O5. The third-order valence-corrected chi connectivity index (χ3v) is 8.19. The van der Waals surface area contributed by atoms with Gasteiger partial charge in [-0.15, -0.1) is 6.58 Å². The van der Waals surface area contributed by atoms with Crippen LogP contribution >= 0.6 is 0 Å². The minimum atomic E-state index is -0.383. The molecule has 0 aromatic heterocycles. The maximum absolute atomic E-state index is 12.1. The molecule has 0 bridgehead atoms. The summed E-state index contributed by atoms with van der Waals surface area (Å²) < 4.78 is 18.2. The standard InChI is InChI=1S/C24H38O5/c1-8-22(5)13-10-19-23(6)12-9-11-21(4,15-27-16(2)25)20(23)18(28-17(3)26)14-24(19,7)29-22/h8,18-20H,1,9-15H2,2-7H3/t18-,19?,20+,21?,22-,23+,24+/m1/s1. The molecule has 5 nitrogen and oxygen atoms in total. The zero-order valence-electron chi connectivity index (χ0n) is 19.0. The molecule has 0 aromatic carbocycles. The van der Waals surface area contributed by atoms with Gasteiger partial charge in [-0.25, -0.2) is 0 Å². The lowest BCUT2D eigenvalue weighted by atomic mass is 9.43. The van der Waals surface area contributed by atoms with Gasteiger partial charge in [0.15, 0.2) is 0 Å². The minimum absolute atomic E-state index is 0.0528. The molecule has 0 radical (unpaired) electrons. The second-order valence-corrected chi connectivity index (χ2v) is 10.6. The van der Waals surface area contributed by atoms with Crippen LogP contribution < -0.4 is 0 Å². The fraction of sp³-hybridized carbons (Fsp3) is 0.833. The van der Waals surface area contributed by atoms with Crippen molar-refractivity contribution in [3.63, 3.8) is 0 Å². The molecule has 1 saturated heterocycles. The van der Waals surface area contributed by atoms with Gasteiger partial charge in [0.25, 0.3) is 0 Å². The lowest BCUT2D eigenvalue weighted by molar-refractivity contribution is -0.284. The maximum atomic E-state index is 12.1. The quantitative estimate of drug-likeness (QED) is 0.494. The highest BCUT2D eigenvalue weighted by atomic mass is 16.6. The number of esters is 2. The first-order chi connectivity index (χ1) is 13.4. The molecule has 0 spiro atoms. The van der Waals surface area contributed by atoms with E-state index in [4.69, 9.17) is 14.2 Å². The first kappa shape index (κ1) is 22.3. The normalized spacial score (nSPS) is 46.8. The molecule has 3 fully saturated rings. The van der Waals surface area contributed by atoms with E-state index in [0.29, 0.717) is 18.9 Å². The van der Waals surface area contributed by atoms with Crippen molar-refractivity contribution in [2.45, 2.75) is 97.4 Å². The van der Waals surface area contributed by atoms with Crippen molar-refractivity contribution in [2.24, 2.45) is 22.7 Å². The van der Waals surface area contributed by atoms with Gasteiger partial charge in [0.05, 0.1) is 17.8 Å². The Hall–Kier alpha value is -1.36. The van der Waals surface area contributed by atoms with E-state index in [0.717, 1.165) is 32.1 Å². The highest BCUT2D eigenvalue weighted by molar-refractivity contribution is 5.66. The Morgan fingerprint density at radius 1 is 1.10 bits per heavy atom. The van der Waals surface area contributed by atoms with Gasteiger partial charge in [0, 0.05) is 31.6 Å². The average Bonchev–Trinajstić information content (AvgIpc) is 2.58. The Balaban J connectivity index is 2.03. The monoisotopic (exact) mass is 406 g/mol. The summed E-state index contributed by atoms with van der Waals surface area (Å²) in [6.45, 7) is 16.1. The number of hydrogen-bond acceptors (Lipinski definition) is 5. The smallest absolute Gasteiger partial charge is 0.302 e. The van der Waals surface area contributed by atoms with E-state index in [1.54, 1.807) is 0 Å². The SMILES string of the molecule is C=C[C@]1(C)CCC2[C@]3(C)CCCC(C)(COC(C)=O)[C@@H]3[C@H](OC(C)=O)C[C@]2(C)O1. The summed E-state index contributed by atoms with van der Waals surface area (Å²) in [4.78, 5) is 23.6. The van der Waals surface area contributed by atoms with Crippen molar-refractivity contribution in [3.8, 4) is 0 Å². The maximum Gasteiger partial charge on any atom is 0.302 e. The Kier molecular flexibility index (Phi) is 5.70. The Morgan fingerprint density at radius 3 is 2.38 bits per heavy atom. The molecule has 5 heteroatoms. The second kappa shape index (κ2) is 7.40. The van der Waals surface area contributed by atoms with Crippen LogP contribution in [-0.4, -0.2) is 35.9 Å². The lowest BCUT2D eigenvalue weighted by Gasteiger charge is -2.66. The molecule has 2 saturated carbocycles. The lowest BCUT2D eigenvalue weighted by Crippen LogP contribution is -2.68. The zero-order chi connectivity index (χ0) is 21.7. The van der Waals surface area contributed by atoms with Gasteiger partial charge in [-0.1, -0.05) is 26.3 Å². The van der Waals surface area contributed by atoms with Crippen molar-refractivity contribution in [2.75, 3.05) is 6.61 Å². The molecular weight excluding hydrogens is 368 g/mol. The first-order valence-corrected chi connectivity index (χ1v) is 11.0.